The lowest BCUT2D eigenvalue weighted by atomic mass is 10.2. The van der Waals surface area contributed by atoms with E-state index in [1.165, 1.54) is 18.9 Å². The lowest BCUT2D eigenvalue weighted by Gasteiger charge is -2.15. The van der Waals surface area contributed by atoms with Gasteiger partial charge in [-0.1, -0.05) is 0 Å². The molecule has 0 bridgehead atoms. The van der Waals surface area contributed by atoms with E-state index in [1.54, 1.807) is 32.2 Å². The average molecular weight is 342 g/mol. The molecule has 0 spiro atoms. The van der Waals surface area contributed by atoms with Gasteiger partial charge in [0, 0.05) is 6.07 Å². The molecule has 1 aliphatic carbocycles. The number of nitrogens with one attached hydrogen (secondary N) is 1. The Bertz CT molecular complexity index is 795. The molecule has 0 aromatic carbocycles. The average Bonchev–Trinajstić information content (AvgIpc) is 3.34. The van der Waals surface area contributed by atoms with Gasteiger partial charge in [0.25, 0.3) is 5.91 Å². The summed E-state index contributed by atoms with van der Waals surface area (Å²) in [6.45, 7) is 5.83. The number of rotatable bonds is 6. The molecule has 2 aromatic heterocycles. The monoisotopic (exact) mass is 342 g/mol. The highest BCUT2D eigenvalue weighted by Gasteiger charge is 2.31. The molecule has 0 saturated heterocycles. The molecule has 0 aliphatic heterocycles. The van der Waals surface area contributed by atoms with Crippen molar-refractivity contribution in [3.8, 4) is 0 Å². The first-order valence-corrected chi connectivity index (χ1v) is 8.51. The van der Waals surface area contributed by atoms with Gasteiger partial charge in [0.1, 0.15) is 11.5 Å². The second-order valence-corrected chi connectivity index (χ2v) is 6.24. The zero-order valence-electron chi connectivity index (χ0n) is 14.7. The number of hydrogen-bond acceptors (Lipinski definition) is 5. The Kier molecular flexibility index (Phi) is 4.83. The van der Waals surface area contributed by atoms with E-state index in [9.17, 15) is 9.59 Å². The molecule has 7 heteroatoms. The van der Waals surface area contributed by atoms with E-state index < -0.39 is 5.97 Å². The second kappa shape index (κ2) is 7.04. The summed E-state index contributed by atoms with van der Waals surface area (Å²) in [5, 5.41) is 7.17. The maximum absolute atomic E-state index is 12.5. The third-order valence-electron chi connectivity index (χ3n) is 4.42. The smallest absolute Gasteiger partial charge is 0.339 e. The lowest BCUT2D eigenvalue weighted by Crippen LogP contribution is -2.20. The van der Waals surface area contributed by atoms with Crippen LogP contribution in [0.4, 0.5) is 5.82 Å². The molecule has 7 nitrogen and oxygen atoms in total. The van der Waals surface area contributed by atoms with Crippen molar-refractivity contribution in [2.75, 3.05) is 11.9 Å². The van der Waals surface area contributed by atoms with E-state index in [1.807, 2.05) is 4.68 Å². The molecule has 132 valence electrons. The van der Waals surface area contributed by atoms with Gasteiger partial charge in [-0.05, 0) is 51.7 Å². The standard InChI is InChI=1S/C18H22N4O3/c1-4-25-18(24)14-7-8-15(20-11(14)2)17(23)21-16-9-10-19-22(16)12(3)13-5-6-13/h7-10,12-13H,4-6H2,1-3H3,(H,21,23). The van der Waals surface area contributed by atoms with Gasteiger partial charge in [-0.2, -0.15) is 5.10 Å². The van der Waals surface area contributed by atoms with Gasteiger partial charge in [-0.3, -0.25) is 4.79 Å². The normalized spacial score (nSPS) is 14.8. The van der Waals surface area contributed by atoms with Gasteiger partial charge >= 0.3 is 5.97 Å². The summed E-state index contributed by atoms with van der Waals surface area (Å²) in [6.07, 6.45) is 4.08. The molecular formula is C18H22N4O3. The van der Waals surface area contributed by atoms with E-state index in [0.29, 0.717) is 29.6 Å². The highest BCUT2D eigenvalue weighted by atomic mass is 16.5. The van der Waals surface area contributed by atoms with Gasteiger partial charge in [0.15, 0.2) is 0 Å². The SMILES string of the molecule is CCOC(=O)c1ccc(C(=O)Nc2ccnn2C(C)C2CC2)nc1C. The maximum Gasteiger partial charge on any atom is 0.339 e. The van der Waals surface area contributed by atoms with Gasteiger partial charge in [0.2, 0.25) is 0 Å². The van der Waals surface area contributed by atoms with Crippen LogP contribution in [0, 0.1) is 12.8 Å². The highest BCUT2D eigenvalue weighted by molar-refractivity contribution is 6.03. The number of pyridine rings is 1. The van der Waals surface area contributed by atoms with Crippen molar-refractivity contribution < 1.29 is 14.3 Å². The number of carbonyl (C=O) groups excluding carboxylic acids is 2. The van der Waals surface area contributed by atoms with Crippen LogP contribution in [0.25, 0.3) is 0 Å². The van der Waals surface area contributed by atoms with Crippen molar-refractivity contribution in [3.63, 3.8) is 0 Å². The number of amides is 1. The Morgan fingerprint density at radius 1 is 1.36 bits per heavy atom. The molecule has 1 unspecified atom stereocenters. The number of hydrogen-bond donors (Lipinski definition) is 1. The summed E-state index contributed by atoms with van der Waals surface area (Å²) >= 11 is 0. The first kappa shape index (κ1) is 17.1. The largest absolute Gasteiger partial charge is 0.462 e. The third kappa shape index (κ3) is 3.70. The number of esters is 1. The zero-order chi connectivity index (χ0) is 18.0. The number of ether oxygens (including phenoxy) is 1. The first-order chi connectivity index (χ1) is 12.0. The molecule has 1 amide bonds. The van der Waals surface area contributed by atoms with Crippen molar-refractivity contribution >= 4 is 17.7 Å². The summed E-state index contributed by atoms with van der Waals surface area (Å²) in [5.74, 6) is 0.511. The van der Waals surface area contributed by atoms with Crippen LogP contribution in [0.3, 0.4) is 0 Å². The fourth-order valence-electron chi connectivity index (χ4n) is 2.81. The molecule has 0 radical (unpaired) electrons. The molecule has 3 rings (SSSR count). The van der Waals surface area contributed by atoms with Crippen LogP contribution < -0.4 is 5.32 Å². The van der Waals surface area contributed by atoms with E-state index >= 15 is 0 Å². The summed E-state index contributed by atoms with van der Waals surface area (Å²) in [7, 11) is 0. The molecule has 1 atom stereocenters. The maximum atomic E-state index is 12.5. The first-order valence-electron chi connectivity index (χ1n) is 8.51. The van der Waals surface area contributed by atoms with Gasteiger partial charge in [0.05, 0.1) is 30.1 Å². The number of carbonyl (C=O) groups is 2. The minimum atomic E-state index is -0.434. The fraction of sp³-hybridized carbons (Fsp3) is 0.444. The molecular weight excluding hydrogens is 320 g/mol. The van der Waals surface area contributed by atoms with E-state index in [0.717, 1.165) is 0 Å². The predicted octanol–water partition coefficient (Wildman–Crippen LogP) is 2.99. The number of anilines is 1. The minimum absolute atomic E-state index is 0.248. The Labute approximate surface area is 146 Å². The number of aryl methyl sites for hydroxylation is 1. The zero-order valence-corrected chi connectivity index (χ0v) is 14.7. The molecule has 2 heterocycles. The Hall–Kier alpha value is -2.70. The van der Waals surface area contributed by atoms with Crippen molar-refractivity contribution in [2.24, 2.45) is 5.92 Å². The molecule has 1 aliphatic rings. The quantitative estimate of drug-likeness (QED) is 0.816. The summed E-state index contributed by atoms with van der Waals surface area (Å²) in [6, 6.07) is 5.13. The molecule has 2 aromatic rings. The van der Waals surface area contributed by atoms with E-state index in [4.69, 9.17) is 4.74 Å². The Morgan fingerprint density at radius 2 is 2.12 bits per heavy atom. The summed E-state index contributed by atoms with van der Waals surface area (Å²) in [5.41, 5.74) is 1.08. The van der Waals surface area contributed by atoms with Crippen LogP contribution in [-0.2, 0) is 4.74 Å². The fourth-order valence-corrected chi connectivity index (χ4v) is 2.81. The second-order valence-electron chi connectivity index (χ2n) is 6.24. The van der Waals surface area contributed by atoms with Gasteiger partial charge in [-0.15, -0.1) is 0 Å². The van der Waals surface area contributed by atoms with Crippen LogP contribution in [0.5, 0.6) is 0 Å². The van der Waals surface area contributed by atoms with Crippen molar-refractivity contribution in [1.29, 1.82) is 0 Å². The number of aromatic nitrogens is 3. The van der Waals surface area contributed by atoms with Crippen LogP contribution in [-0.4, -0.2) is 33.2 Å². The van der Waals surface area contributed by atoms with Crippen molar-refractivity contribution in [2.45, 2.75) is 39.7 Å². The lowest BCUT2D eigenvalue weighted by molar-refractivity contribution is 0.0524. The van der Waals surface area contributed by atoms with Crippen molar-refractivity contribution in [3.05, 3.63) is 41.3 Å². The third-order valence-corrected chi connectivity index (χ3v) is 4.42. The Balaban J connectivity index is 1.75. The van der Waals surface area contributed by atoms with Crippen LogP contribution in [0.15, 0.2) is 24.4 Å². The topological polar surface area (TPSA) is 86.1 Å². The Morgan fingerprint density at radius 3 is 2.76 bits per heavy atom. The van der Waals surface area contributed by atoms with Gasteiger partial charge in [-0.25, -0.2) is 14.5 Å². The number of nitrogens with zero attached hydrogens (tertiary/aromatic N) is 3. The van der Waals surface area contributed by atoms with Crippen LogP contribution in [0.2, 0.25) is 0 Å². The summed E-state index contributed by atoms with van der Waals surface area (Å²) < 4.78 is 6.82. The molecule has 1 fully saturated rings. The van der Waals surface area contributed by atoms with E-state index in [-0.39, 0.29) is 17.6 Å². The van der Waals surface area contributed by atoms with Crippen LogP contribution in [0.1, 0.15) is 59.3 Å². The van der Waals surface area contributed by atoms with Crippen LogP contribution >= 0.6 is 0 Å². The van der Waals surface area contributed by atoms with Gasteiger partial charge < -0.3 is 10.1 Å². The highest BCUT2D eigenvalue weighted by Crippen LogP contribution is 2.40. The predicted molar refractivity (Wildman–Crippen MR) is 92.5 cm³/mol. The van der Waals surface area contributed by atoms with E-state index in [2.05, 4.69) is 22.3 Å². The molecule has 25 heavy (non-hydrogen) atoms. The van der Waals surface area contributed by atoms with Crippen molar-refractivity contribution in [1.82, 2.24) is 14.8 Å². The molecule has 1 saturated carbocycles. The minimum Gasteiger partial charge on any atom is -0.462 e. The summed E-state index contributed by atoms with van der Waals surface area (Å²) in [4.78, 5) is 28.6. The molecule has 1 N–H and O–H groups in total.